The Labute approximate surface area is 354 Å². The number of ether oxygens (including phenoxy) is 4. The van der Waals surface area contributed by atoms with Crippen LogP contribution in [-0.4, -0.2) is 68.2 Å². The molecular weight excluding hydrogens is 711 g/mol. The normalized spacial score (nSPS) is 15.5. The van der Waals surface area contributed by atoms with Crippen LogP contribution in [0.2, 0.25) is 0 Å². The number of nitrogens with zero attached hydrogens (tertiary/aromatic N) is 1. The standard InChI is InChI=1S/C50H97NO6/c1-8-12-24-32-45(33-25-13-9-2)40-48(52)54-38-30-22-18-16-20-28-36-50(56-43-47(57-50)42-51(7)44(5)6)37-29-21-17-19-23-31-39-55-49(53)41-46(34-26-14-10-3)35-27-15-11-4/h44-47H,8-43H2,1-7H3. The minimum Gasteiger partial charge on any atom is -0.466 e. The maximum absolute atomic E-state index is 12.6. The van der Waals surface area contributed by atoms with Crippen LogP contribution < -0.4 is 0 Å². The van der Waals surface area contributed by atoms with Crippen LogP contribution in [0.3, 0.4) is 0 Å². The lowest BCUT2D eigenvalue weighted by Crippen LogP contribution is -2.37. The largest absolute Gasteiger partial charge is 0.466 e. The van der Waals surface area contributed by atoms with E-state index in [-0.39, 0.29) is 18.0 Å². The lowest BCUT2D eigenvalue weighted by atomic mass is 9.92. The molecule has 0 N–H and O–H groups in total. The second kappa shape index (κ2) is 36.7. The third kappa shape index (κ3) is 29.7. The topological polar surface area (TPSA) is 74.3 Å². The highest BCUT2D eigenvalue weighted by Gasteiger charge is 2.40. The van der Waals surface area contributed by atoms with Crippen molar-refractivity contribution in [1.29, 1.82) is 0 Å². The molecule has 1 saturated heterocycles. The number of carbonyl (C=O) groups is 2. The highest BCUT2D eigenvalue weighted by molar-refractivity contribution is 5.70. The van der Waals surface area contributed by atoms with Gasteiger partial charge in [-0.2, -0.15) is 0 Å². The van der Waals surface area contributed by atoms with Gasteiger partial charge < -0.3 is 23.8 Å². The molecule has 1 rings (SSSR count). The van der Waals surface area contributed by atoms with E-state index in [0.717, 1.165) is 57.9 Å². The highest BCUT2D eigenvalue weighted by atomic mass is 16.7. The van der Waals surface area contributed by atoms with Crippen molar-refractivity contribution in [3.63, 3.8) is 0 Å². The summed E-state index contributed by atoms with van der Waals surface area (Å²) in [5, 5.41) is 0. The Kier molecular flexibility index (Phi) is 34.6. The van der Waals surface area contributed by atoms with Crippen molar-refractivity contribution in [2.75, 3.05) is 33.4 Å². The summed E-state index contributed by atoms with van der Waals surface area (Å²) < 4.78 is 24.6. The molecule has 7 nitrogen and oxygen atoms in total. The van der Waals surface area contributed by atoms with Crippen LogP contribution >= 0.6 is 0 Å². The van der Waals surface area contributed by atoms with E-state index >= 15 is 0 Å². The van der Waals surface area contributed by atoms with E-state index in [1.54, 1.807) is 0 Å². The molecule has 338 valence electrons. The van der Waals surface area contributed by atoms with Crippen LogP contribution in [0.4, 0.5) is 0 Å². The van der Waals surface area contributed by atoms with Crippen molar-refractivity contribution in [2.24, 2.45) is 11.8 Å². The predicted octanol–water partition coefficient (Wildman–Crippen LogP) is 14.3. The second-order valence-electron chi connectivity index (χ2n) is 18.3. The molecule has 1 aliphatic rings. The molecular formula is C50H97NO6. The average molecular weight is 808 g/mol. The fraction of sp³-hybridized carbons (Fsp3) is 0.960. The smallest absolute Gasteiger partial charge is 0.306 e. The Hall–Kier alpha value is -1.18. The Morgan fingerprint density at radius 3 is 1.30 bits per heavy atom. The first kappa shape index (κ1) is 53.8. The van der Waals surface area contributed by atoms with Crippen molar-refractivity contribution in [3.05, 3.63) is 0 Å². The third-order valence-corrected chi connectivity index (χ3v) is 12.5. The van der Waals surface area contributed by atoms with Gasteiger partial charge >= 0.3 is 11.9 Å². The summed E-state index contributed by atoms with van der Waals surface area (Å²) in [6, 6.07) is 0.488. The Morgan fingerprint density at radius 1 is 0.561 bits per heavy atom. The Balaban J connectivity index is 2.33. The number of likely N-dealkylation sites (N-methyl/N-ethyl adjacent to an activating group) is 1. The molecule has 0 aliphatic carbocycles. The molecule has 1 aliphatic heterocycles. The van der Waals surface area contributed by atoms with Crippen LogP contribution in [-0.2, 0) is 28.5 Å². The van der Waals surface area contributed by atoms with E-state index in [1.807, 2.05) is 0 Å². The molecule has 0 aromatic rings. The van der Waals surface area contributed by atoms with Gasteiger partial charge in [0.1, 0.15) is 0 Å². The molecule has 57 heavy (non-hydrogen) atoms. The Bertz CT molecular complexity index is 850. The molecule has 0 radical (unpaired) electrons. The van der Waals surface area contributed by atoms with Gasteiger partial charge in [0, 0.05) is 38.3 Å². The zero-order valence-corrected chi connectivity index (χ0v) is 39.2. The number of unbranched alkanes of at least 4 members (excludes halogenated alkanes) is 18. The summed E-state index contributed by atoms with van der Waals surface area (Å²) in [4.78, 5) is 27.5. The van der Waals surface area contributed by atoms with Crippen LogP contribution in [0.1, 0.15) is 247 Å². The molecule has 0 saturated carbocycles. The molecule has 7 heteroatoms. The van der Waals surface area contributed by atoms with Crippen molar-refractivity contribution in [1.82, 2.24) is 4.90 Å². The molecule has 1 fully saturated rings. The van der Waals surface area contributed by atoms with Crippen molar-refractivity contribution in [2.45, 2.75) is 265 Å². The van der Waals surface area contributed by atoms with Gasteiger partial charge in [-0.05, 0) is 84.1 Å². The molecule has 0 amide bonds. The molecule has 1 heterocycles. The highest BCUT2D eigenvalue weighted by Crippen LogP contribution is 2.35. The van der Waals surface area contributed by atoms with Gasteiger partial charge in [-0.15, -0.1) is 0 Å². The number of hydrogen-bond acceptors (Lipinski definition) is 7. The first-order valence-corrected chi connectivity index (χ1v) is 25.0. The summed E-state index contributed by atoms with van der Waals surface area (Å²) in [7, 11) is 2.18. The van der Waals surface area contributed by atoms with Crippen LogP contribution in [0.5, 0.6) is 0 Å². The second-order valence-corrected chi connectivity index (χ2v) is 18.3. The maximum Gasteiger partial charge on any atom is 0.306 e. The quantitative estimate of drug-likeness (QED) is 0.0450. The molecule has 0 spiro atoms. The average Bonchev–Trinajstić information content (AvgIpc) is 3.58. The summed E-state index contributed by atoms with van der Waals surface area (Å²) in [5.74, 6) is 0.576. The predicted molar refractivity (Wildman–Crippen MR) is 241 cm³/mol. The SMILES string of the molecule is CCCCCC(CCCCC)CC(=O)OCCCCCCCCC1(CCCCCCCCOC(=O)CC(CCCCC)CCCCC)OCC(CN(C)C(C)C)O1. The van der Waals surface area contributed by atoms with Gasteiger partial charge in [0.15, 0.2) is 5.79 Å². The number of rotatable bonds is 41. The van der Waals surface area contributed by atoms with Gasteiger partial charge in [0.2, 0.25) is 0 Å². The molecule has 1 unspecified atom stereocenters. The zero-order valence-electron chi connectivity index (χ0n) is 39.2. The first-order valence-electron chi connectivity index (χ1n) is 25.0. The monoisotopic (exact) mass is 808 g/mol. The Morgan fingerprint density at radius 2 is 0.930 bits per heavy atom. The van der Waals surface area contributed by atoms with Crippen LogP contribution in [0.25, 0.3) is 0 Å². The van der Waals surface area contributed by atoms with E-state index in [2.05, 4.69) is 53.5 Å². The molecule has 0 aromatic heterocycles. The van der Waals surface area contributed by atoms with Crippen molar-refractivity contribution in [3.8, 4) is 0 Å². The van der Waals surface area contributed by atoms with Crippen LogP contribution in [0.15, 0.2) is 0 Å². The molecule has 0 aromatic carbocycles. The number of carbonyl (C=O) groups excluding carboxylic acids is 2. The van der Waals surface area contributed by atoms with Gasteiger partial charge in [-0.3, -0.25) is 9.59 Å². The summed E-state index contributed by atoms with van der Waals surface area (Å²) >= 11 is 0. The minimum absolute atomic E-state index is 0.0140. The lowest BCUT2D eigenvalue weighted by molar-refractivity contribution is -0.180. The molecule has 0 bridgehead atoms. The van der Waals surface area contributed by atoms with E-state index in [9.17, 15) is 9.59 Å². The fourth-order valence-electron chi connectivity index (χ4n) is 8.42. The lowest BCUT2D eigenvalue weighted by Gasteiger charge is -2.30. The summed E-state index contributed by atoms with van der Waals surface area (Å²) in [6.07, 6.45) is 36.4. The number of esters is 2. The fourth-order valence-corrected chi connectivity index (χ4v) is 8.42. The molecule has 1 atom stereocenters. The van der Waals surface area contributed by atoms with E-state index in [0.29, 0.717) is 50.5 Å². The summed E-state index contributed by atoms with van der Waals surface area (Å²) in [6.45, 7) is 16.2. The number of hydrogen-bond donors (Lipinski definition) is 0. The van der Waals surface area contributed by atoms with E-state index in [4.69, 9.17) is 18.9 Å². The van der Waals surface area contributed by atoms with E-state index in [1.165, 1.54) is 141 Å². The minimum atomic E-state index is -0.444. The van der Waals surface area contributed by atoms with Gasteiger partial charge in [-0.25, -0.2) is 0 Å². The van der Waals surface area contributed by atoms with Crippen molar-refractivity contribution < 1.29 is 28.5 Å². The summed E-state index contributed by atoms with van der Waals surface area (Å²) in [5.41, 5.74) is 0. The van der Waals surface area contributed by atoms with Crippen molar-refractivity contribution >= 4 is 11.9 Å². The third-order valence-electron chi connectivity index (χ3n) is 12.5. The maximum atomic E-state index is 12.6. The van der Waals surface area contributed by atoms with Crippen LogP contribution in [0, 0.1) is 11.8 Å². The van der Waals surface area contributed by atoms with E-state index < -0.39 is 5.79 Å². The zero-order chi connectivity index (χ0) is 41.8. The first-order chi connectivity index (χ1) is 27.7. The van der Waals surface area contributed by atoms with Gasteiger partial charge in [0.05, 0.1) is 25.9 Å². The van der Waals surface area contributed by atoms with Gasteiger partial charge in [-0.1, -0.05) is 156 Å². The van der Waals surface area contributed by atoms with Gasteiger partial charge in [0.25, 0.3) is 0 Å².